The molecule has 2 atom stereocenters. The molecule has 2 saturated heterocycles. The minimum absolute atomic E-state index is 0.00686. The van der Waals surface area contributed by atoms with Gasteiger partial charge in [0.1, 0.15) is 18.5 Å². The number of likely N-dealkylation sites (tertiary alicyclic amines) is 1. The van der Waals surface area contributed by atoms with Gasteiger partial charge in [0.2, 0.25) is 5.91 Å². The fourth-order valence-electron chi connectivity index (χ4n) is 4.56. The number of piperazine rings is 1. The molecule has 0 bridgehead atoms. The molecule has 0 saturated carbocycles. The smallest absolute Gasteiger partial charge is 0.308 e. The minimum atomic E-state index is -0.819. The van der Waals surface area contributed by atoms with Crippen molar-refractivity contribution >= 4 is 22.8 Å². The maximum Gasteiger partial charge on any atom is 0.308 e. The number of carbonyl (C=O) groups is 2. The Balaban J connectivity index is 1.18. The van der Waals surface area contributed by atoms with E-state index in [4.69, 9.17) is 4.74 Å². The van der Waals surface area contributed by atoms with Crippen LogP contribution >= 0.6 is 0 Å². The molecule has 33 heavy (non-hydrogen) atoms. The fourth-order valence-corrected chi connectivity index (χ4v) is 4.56. The molecule has 9 heteroatoms. The Morgan fingerprint density at radius 1 is 1.09 bits per heavy atom. The molecule has 2 aliphatic rings. The summed E-state index contributed by atoms with van der Waals surface area (Å²) in [6.45, 7) is 4.99. The van der Waals surface area contributed by atoms with Crippen molar-refractivity contribution in [1.29, 1.82) is 0 Å². The molecule has 0 aliphatic carbocycles. The number of piperidine rings is 1. The van der Waals surface area contributed by atoms with Gasteiger partial charge in [-0.1, -0.05) is 6.07 Å². The minimum Gasteiger partial charge on any atom is -0.490 e. The molecule has 2 aliphatic heterocycles. The predicted molar refractivity (Wildman–Crippen MR) is 123 cm³/mol. The molecule has 2 fully saturated rings. The van der Waals surface area contributed by atoms with Crippen LogP contribution in [0, 0.1) is 5.92 Å². The zero-order valence-electron chi connectivity index (χ0n) is 18.8. The number of benzene rings is 1. The molecule has 9 nitrogen and oxygen atoms in total. The van der Waals surface area contributed by atoms with Gasteiger partial charge in [0.15, 0.2) is 0 Å². The molecule has 178 valence electrons. The molecular formula is C24H32N4O5. The number of aliphatic carboxylic acids is 1. The van der Waals surface area contributed by atoms with E-state index in [1.807, 2.05) is 30.3 Å². The largest absolute Gasteiger partial charge is 0.490 e. The van der Waals surface area contributed by atoms with E-state index in [0.29, 0.717) is 38.3 Å². The summed E-state index contributed by atoms with van der Waals surface area (Å²) in [6, 6.07) is 9.53. The van der Waals surface area contributed by atoms with Crippen molar-refractivity contribution in [2.45, 2.75) is 18.9 Å². The van der Waals surface area contributed by atoms with Crippen LogP contribution in [0.3, 0.4) is 0 Å². The topological polar surface area (TPSA) is 106 Å². The molecule has 0 radical (unpaired) electrons. The van der Waals surface area contributed by atoms with Gasteiger partial charge in [-0.15, -0.1) is 0 Å². The van der Waals surface area contributed by atoms with Gasteiger partial charge in [-0.3, -0.25) is 24.4 Å². The average Bonchev–Trinajstić information content (AvgIpc) is 2.84. The van der Waals surface area contributed by atoms with Crippen LogP contribution in [0.4, 0.5) is 0 Å². The maximum absolute atomic E-state index is 12.6. The van der Waals surface area contributed by atoms with E-state index in [2.05, 4.69) is 14.8 Å². The highest BCUT2D eigenvalue weighted by molar-refractivity contribution is 5.84. The number of hydrogen-bond acceptors (Lipinski definition) is 7. The van der Waals surface area contributed by atoms with Gasteiger partial charge < -0.3 is 19.8 Å². The standard InChI is InChI=1S/C24H32N4O5/c29-19(17-33-22-7-1-6-21-20(22)5-2-8-25-21)15-26-10-12-27(13-11-26)16-23(30)28-9-3-4-18(14-28)24(31)32/h1-2,5-8,18-19,29H,3-4,9-17H2,(H,31,32)/t18?,19-/m1/s1. The van der Waals surface area contributed by atoms with Crippen LogP contribution in [0.5, 0.6) is 5.75 Å². The second kappa shape index (κ2) is 10.9. The zero-order valence-corrected chi connectivity index (χ0v) is 18.8. The Morgan fingerprint density at radius 2 is 1.88 bits per heavy atom. The highest BCUT2D eigenvalue weighted by Gasteiger charge is 2.29. The van der Waals surface area contributed by atoms with Gasteiger partial charge in [-0.2, -0.15) is 0 Å². The van der Waals surface area contributed by atoms with Crippen LogP contribution in [0.1, 0.15) is 12.8 Å². The number of pyridine rings is 1. The molecule has 4 rings (SSSR count). The predicted octanol–water partition coefficient (Wildman–Crippen LogP) is 0.915. The fraction of sp³-hybridized carbons (Fsp3) is 0.542. The van der Waals surface area contributed by atoms with E-state index in [1.54, 1.807) is 11.1 Å². The number of aliphatic hydroxyl groups excluding tert-OH is 1. The second-order valence-corrected chi connectivity index (χ2v) is 8.88. The summed E-state index contributed by atoms with van der Waals surface area (Å²) >= 11 is 0. The molecule has 2 N–H and O–H groups in total. The summed E-state index contributed by atoms with van der Waals surface area (Å²) in [4.78, 5) is 34.2. The lowest BCUT2D eigenvalue weighted by atomic mass is 9.98. The van der Waals surface area contributed by atoms with E-state index < -0.39 is 18.0 Å². The summed E-state index contributed by atoms with van der Waals surface area (Å²) in [5, 5.41) is 20.6. The molecule has 1 unspecified atom stereocenters. The van der Waals surface area contributed by atoms with E-state index in [-0.39, 0.29) is 12.5 Å². The summed E-state index contributed by atoms with van der Waals surface area (Å²) < 4.78 is 5.87. The first-order valence-corrected chi connectivity index (χ1v) is 11.6. The number of ether oxygens (including phenoxy) is 1. The molecule has 1 amide bonds. The van der Waals surface area contributed by atoms with Crippen molar-refractivity contribution in [1.82, 2.24) is 19.7 Å². The number of carbonyl (C=O) groups excluding carboxylic acids is 1. The van der Waals surface area contributed by atoms with Gasteiger partial charge in [0.25, 0.3) is 0 Å². The van der Waals surface area contributed by atoms with Crippen LogP contribution in [-0.2, 0) is 9.59 Å². The Hall–Kier alpha value is -2.75. The van der Waals surface area contributed by atoms with Crippen LogP contribution in [0.15, 0.2) is 36.5 Å². The number of fused-ring (bicyclic) bond motifs is 1. The molecule has 1 aromatic carbocycles. The van der Waals surface area contributed by atoms with Gasteiger partial charge in [-0.25, -0.2) is 0 Å². The van der Waals surface area contributed by atoms with E-state index in [9.17, 15) is 19.8 Å². The van der Waals surface area contributed by atoms with Crippen LogP contribution < -0.4 is 4.74 Å². The Bertz CT molecular complexity index is 958. The summed E-state index contributed by atoms with van der Waals surface area (Å²) in [5.41, 5.74) is 0.859. The lowest BCUT2D eigenvalue weighted by molar-refractivity contribution is -0.146. The van der Waals surface area contributed by atoms with Gasteiger partial charge in [0, 0.05) is 57.4 Å². The quantitative estimate of drug-likeness (QED) is 0.604. The van der Waals surface area contributed by atoms with Crippen LogP contribution in [0.2, 0.25) is 0 Å². The van der Waals surface area contributed by atoms with Crippen molar-refractivity contribution in [3.63, 3.8) is 0 Å². The third-order valence-corrected chi connectivity index (χ3v) is 6.45. The zero-order chi connectivity index (χ0) is 23.2. The molecule has 2 aromatic rings. The summed E-state index contributed by atoms with van der Waals surface area (Å²) in [7, 11) is 0. The van der Waals surface area contributed by atoms with Crippen LogP contribution in [-0.4, -0.2) is 107 Å². The molecule has 0 spiro atoms. The first-order valence-electron chi connectivity index (χ1n) is 11.6. The number of nitrogens with zero attached hydrogens (tertiary/aromatic N) is 4. The molecule has 1 aromatic heterocycles. The first kappa shape index (κ1) is 23.4. The number of aromatic nitrogens is 1. The number of hydrogen-bond donors (Lipinski definition) is 2. The number of carboxylic acid groups (broad SMARTS) is 1. The number of β-amino-alcohol motifs (C(OH)–C–C–N with tert-alkyl or cyclic N) is 1. The Morgan fingerprint density at radius 3 is 2.67 bits per heavy atom. The van der Waals surface area contributed by atoms with E-state index in [0.717, 1.165) is 43.5 Å². The maximum atomic E-state index is 12.6. The lowest BCUT2D eigenvalue weighted by Crippen LogP contribution is -2.53. The highest BCUT2D eigenvalue weighted by Crippen LogP contribution is 2.23. The van der Waals surface area contributed by atoms with E-state index >= 15 is 0 Å². The molecule has 3 heterocycles. The molecular weight excluding hydrogens is 424 g/mol. The van der Waals surface area contributed by atoms with Crippen molar-refractivity contribution in [2.24, 2.45) is 5.92 Å². The van der Waals surface area contributed by atoms with Crippen molar-refractivity contribution < 1.29 is 24.5 Å². The highest BCUT2D eigenvalue weighted by atomic mass is 16.5. The first-order chi connectivity index (χ1) is 16.0. The van der Waals surface area contributed by atoms with Crippen molar-refractivity contribution in [3.05, 3.63) is 36.5 Å². The number of carboxylic acids is 1. The normalized spacial score (nSPS) is 21.1. The SMILES string of the molecule is O=C(O)C1CCCN(C(=O)CN2CCN(C[C@@H](O)COc3cccc4ncccc34)CC2)C1. The Kier molecular flexibility index (Phi) is 7.74. The number of rotatable bonds is 8. The third-order valence-electron chi connectivity index (χ3n) is 6.45. The summed E-state index contributed by atoms with van der Waals surface area (Å²) in [5.74, 6) is -0.549. The van der Waals surface area contributed by atoms with Crippen LogP contribution in [0.25, 0.3) is 10.9 Å². The van der Waals surface area contributed by atoms with Gasteiger partial charge >= 0.3 is 5.97 Å². The monoisotopic (exact) mass is 456 g/mol. The second-order valence-electron chi connectivity index (χ2n) is 8.88. The third kappa shape index (κ3) is 6.19. The summed E-state index contributed by atoms with van der Waals surface area (Å²) in [6.07, 6.45) is 2.51. The lowest BCUT2D eigenvalue weighted by Gasteiger charge is -2.37. The average molecular weight is 457 g/mol. The van der Waals surface area contributed by atoms with Gasteiger partial charge in [-0.05, 0) is 37.1 Å². The van der Waals surface area contributed by atoms with E-state index in [1.165, 1.54) is 0 Å². The van der Waals surface area contributed by atoms with Crippen molar-refractivity contribution in [2.75, 3.05) is 59.0 Å². The van der Waals surface area contributed by atoms with Gasteiger partial charge in [0.05, 0.1) is 18.0 Å². The Labute approximate surface area is 193 Å². The number of aliphatic hydroxyl groups is 1. The van der Waals surface area contributed by atoms with Crippen molar-refractivity contribution in [3.8, 4) is 5.75 Å². The number of amides is 1.